The highest BCUT2D eigenvalue weighted by atomic mass is 35.5. The Bertz CT molecular complexity index is 1030. The number of fused-ring (bicyclic) bond motifs is 1. The van der Waals surface area contributed by atoms with Crippen LogP contribution in [0.3, 0.4) is 0 Å². The van der Waals surface area contributed by atoms with Crippen molar-refractivity contribution in [2.75, 3.05) is 4.90 Å². The van der Waals surface area contributed by atoms with Gasteiger partial charge in [0.05, 0.1) is 23.6 Å². The lowest BCUT2D eigenvalue weighted by Gasteiger charge is -2.27. The Morgan fingerprint density at radius 1 is 1.14 bits per heavy atom. The van der Waals surface area contributed by atoms with Gasteiger partial charge in [-0.1, -0.05) is 29.8 Å². The van der Waals surface area contributed by atoms with Crippen molar-refractivity contribution in [1.29, 1.82) is 0 Å². The van der Waals surface area contributed by atoms with E-state index in [1.807, 2.05) is 0 Å². The number of anilines is 1. The molecule has 2 aromatic carbocycles. The van der Waals surface area contributed by atoms with Crippen molar-refractivity contribution in [3.05, 3.63) is 76.6 Å². The first kappa shape index (κ1) is 19.3. The summed E-state index contributed by atoms with van der Waals surface area (Å²) >= 11 is 6.17. The Kier molecular flexibility index (Phi) is 4.96. The number of hydrogen-bond acceptors (Lipinski definition) is 3. The van der Waals surface area contributed by atoms with Crippen LogP contribution in [0.2, 0.25) is 5.02 Å². The quantitative estimate of drug-likeness (QED) is 0.618. The van der Waals surface area contributed by atoms with Crippen LogP contribution in [-0.4, -0.2) is 23.8 Å². The number of benzene rings is 2. The van der Waals surface area contributed by atoms with Gasteiger partial charge in [0.25, 0.3) is 5.91 Å². The van der Waals surface area contributed by atoms with Crippen LogP contribution in [0.5, 0.6) is 0 Å². The number of imide groups is 1. The van der Waals surface area contributed by atoms with Gasteiger partial charge in [-0.15, -0.1) is 0 Å². The van der Waals surface area contributed by atoms with E-state index in [9.17, 15) is 18.8 Å². The van der Waals surface area contributed by atoms with E-state index in [1.54, 1.807) is 37.3 Å². The summed E-state index contributed by atoms with van der Waals surface area (Å²) in [6.45, 7) is 1.76. The van der Waals surface area contributed by atoms with E-state index in [0.717, 1.165) is 0 Å². The molecule has 3 atom stereocenters. The standard InChI is InChI=1S/C22H18ClFN2O3/c1-12-16(23)5-3-7-18(12)26-21(28)15-4-2-6-17(19(15)22(26)29)25-20(27)13-8-10-14(24)11-9-13/h2-3,5-11,15,17,19H,4H2,1H3,(H,25,27)/t15-,17-,19-/m1/s1. The van der Waals surface area contributed by atoms with Crippen molar-refractivity contribution in [3.8, 4) is 0 Å². The minimum Gasteiger partial charge on any atom is -0.345 e. The van der Waals surface area contributed by atoms with Crippen LogP contribution in [-0.2, 0) is 9.59 Å². The first-order chi connectivity index (χ1) is 13.9. The number of halogens is 2. The van der Waals surface area contributed by atoms with Gasteiger partial charge in [-0.3, -0.25) is 14.4 Å². The lowest BCUT2D eigenvalue weighted by molar-refractivity contribution is -0.122. The summed E-state index contributed by atoms with van der Waals surface area (Å²) in [6.07, 6.45) is 3.96. The first-order valence-electron chi connectivity index (χ1n) is 9.24. The Labute approximate surface area is 172 Å². The van der Waals surface area contributed by atoms with Crippen LogP contribution >= 0.6 is 11.6 Å². The van der Waals surface area contributed by atoms with Crippen LogP contribution in [0, 0.1) is 24.6 Å². The predicted octanol–water partition coefficient (Wildman–Crippen LogP) is 3.65. The maximum absolute atomic E-state index is 13.2. The van der Waals surface area contributed by atoms with Gasteiger partial charge in [0.2, 0.25) is 11.8 Å². The topological polar surface area (TPSA) is 66.5 Å². The summed E-state index contributed by atoms with van der Waals surface area (Å²) in [5, 5.41) is 3.27. The molecule has 0 aromatic heterocycles. The third-order valence-corrected chi connectivity index (χ3v) is 5.89. The van der Waals surface area contributed by atoms with Crippen molar-refractivity contribution in [2.24, 2.45) is 11.8 Å². The molecule has 1 aliphatic heterocycles. The van der Waals surface area contributed by atoms with E-state index in [2.05, 4.69) is 5.32 Å². The van der Waals surface area contributed by atoms with Gasteiger partial charge in [-0.25, -0.2) is 9.29 Å². The van der Waals surface area contributed by atoms with Crippen molar-refractivity contribution in [1.82, 2.24) is 5.32 Å². The van der Waals surface area contributed by atoms with Gasteiger partial charge in [-0.05, 0) is 55.3 Å². The molecule has 2 aromatic rings. The molecule has 3 amide bonds. The highest BCUT2D eigenvalue weighted by Gasteiger charge is 2.52. The summed E-state index contributed by atoms with van der Waals surface area (Å²) in [6, 6.07) is 9.59. The third kappa shape index (κ3) is 3.34. The van der Waals surface area contributed by atoms with Crippen molar-refractivity contribution in [2.45, 2.75) is 19.4 Å². The number of amides is 3. The predicted molar refractivity (Wildman–Crippen MR) is 107 cm³/mol. The van der Waals surface area contributed by atoms with Crippen molar-refractivity contribution in [3.63, 3.8) is 0 Å². The van der Waals surface area contributed by atoms with Gasteiger partial charge in [0, 0.05) is 10.6 Å². The third-order valence-electron chi connectivity index (χ3n) is 5.48. The summed E-state index contributed by atoms with van der Waals surface area (Å²) in [5.74, 6) is -2.78. The zero-order chi connectivity index (χ0) is 20.7. The van der Waals surface area contributed by atoms with Gasteiger partial charge in [-0.2, -0.15) is 0 Å². The van der Waals surface area contributed by atoms with Gasteiger partial charge < -0.3 is 5.32 Å². The molecule has 148 valence electrons. The lowest BCUT2D eigenvalue weighted by atomic mass is 9.81. The highest BCUT2D eigenvalue weighted by Crippen LogP contribution is 2.40. The van der Waals surface area contributed by atoms with Gasteiger partial charge in [0.1, 0.15) is 5.82 Å². The summed E-state index contributed by atoms with van der Waals surface area (Å²) in [7, 11) is 0. The van der Waals surface area contributed by atoms with Crippen LogP contribution in [0.15, 0.2) is 54.6 Å². The molecule has 1 aliphatic carbocycles. The van der Waals surface area contributed by atoms with Crippen molar-refractivity contribution < 1.29 is 18.8 Å². The zero-order valence-corrected chi connectivity index (χ0v) is 16.3. The van der Waals surface area contributed by atoms with E-state index in [4.69, 9.17) is 11.6 Å². The second-order valence-corrected chi connectivity index (χ2v) is 7.61. The summed E-state index contributed by atoms with van der Waals surface area (Å²) < 4.78 is 13.1. The minimum absolute atomic E-state index is 0.279. The average Bonchev–Trinajstić information content (AvgIpc) is 2.96. The molecule has 0 bridgehead atoms. The van der Waals surface area contributed by atoms with Crippen LogP contribution in [0.4, 0.5) is 10.1 Å². The number of nitrogens with one attached hydrogen (secondary N) is 1. The number of nitrogens with zero attached hydrogens (tertiary/aromatic N) is 1. The van der Waals surface area contributed by atoms with Gasteiger partial charge >= 0.3 is 0 Å². The molecule has 7 heteroatoms. The number of hydrogen-bond donors (Lipinski definition) is 1. The minimum atomic E-state index is -0.699. The molecule has 1 fully saturated rings. The highest BCUT2D eigenvalue weighted by molar-refractivity contribution is 6.32. The lowest BCUT2D eigenvalue weighted by Crippen LogP contribution is -2.45. The smallest absolute Gasteiger partial charge is 0.251 e. The van der Waals surface area contributed by atoms with E-state index in [0.29, 0.717) is 22.7 Å². The SMILES string of the molecule is Cc1c(Cl)cccc1N1C(=O)[C@H]2[C@H](NC(=O)c3ccc(F)cc3)C=CC[C@H]2C1=O. The fraction of sp³-hybridized carbons (Fsp3) is 0.227. The first-order valence-corrected chi connectivity index (χ1v) is 9.62. The maximum Gasteiger partial charge on any atom is 0.251 e. The number of carbonyl (C=O) groups excluding carboxylic acids is 3. The van der Waals surface area contributed by atoms with E-state index >= 15 is 0 Å². The van der Waals surface area contributed by atoms with Crippen LogP contribution < -0.4 is 10.2 Å². The Morgan fingerprint density at radius 2 is 1.86 bits per heavy atom. The molecule has 1 saturated heterocycles. The molecule has 5 nitrogen and oxygen atoms in total. The number of rotatable bonds is 3. The summed E-state index contributed by atoms with van der Waals surface area (Å²) in [4.78, 5) is 40.0. The van der Waals surface area contributed by atoms with E-state index in [-0.39, 0.29) is 17.4 Å². The van der Waals surface area contributed by atoms with Crippen molar-refractivity contribution >= 4 is 35.0 Å². The zero-order valence-electron chi connectivity index (χ0n) is 15.6. The Morgan fingerprint density at radius 3 is 2.59 bits per heavy atom. The molecule has 2 aliphatic rings. The van der Waals surface area contributed by atoms with Gasteiger partial charge in [0.15, 0.2) is 0 Å². The Balaban J connectivity index is 1.62. The van der Waals surface area contributed by atoms with E-state index < -0.39 is 29.6 Å². The van der Waals surface area contributed by atoms with E-state index in [1.165, 1.54) is 29.2 Å². The number of carbonyl (C=O) groups is 3. The molecular weight excluding hydrogens is 395 g/mol. The molecule has 4 rings (SSSR count). The maximum atomic E-state index is 13.2. The molecule has 0 radical (unpaired) electrons. The molecule has 0 spiro atoms. The monoisotopic (exact) mass is 412 g/mol. The Hall–Kier alpha value is -2.99. The largest absolute Gasteiger partial charge is 0.345 e. The molecule has 1 heterocycles. The second-order valence-electron chi connectivity index (χ2n) is 7.20. The molecule has 0 unspecified atom stereocenters. The number of allylic oxidation sites excluding steroid dienone is 1. The van der Waals surface area contributed by atoms with Crippen LogP contribution in [0.1, 0.15) is 22.3 Å². The molecule has 0 saturated carbocycles. The fourth-order valence-corrected chi connectivity index (χ4v) is 4.11. The fourth-order valence-electron chi connectivity index (χ4n) is 3.94. The second kappa shape index (κ2) is 7.44. The summed E-state index contributed by atoms with van der Waals surface area (Å²) in [5.41, 5.74) is 1.39. The molecule has 1 N–H and O–H groups in total. The molecule has 29 heavy (non-hydrogen) atoms. The normalized spacial score (nSPS) is 23.3. The molecular formula is C22H18ClFN2O3. The van der Waals surface area contributed by atoms with Crippen LogP contribution in [0.25, 0.3) is 0 Å². The average molecular weight is 413 g/mol.